The Bertz CT molecular complexity index is 912. The summed E-state index contributed by atoms with van der Waals surface area (Å²) in [6, 6.07) is 11.1. The van der Waals surface area contributed by atoms with Gasteiger partial charge in [0.2, 0.25) is 0 Å². The van der Waals surface area contributed by atoms with E-state index in [2.05, 4.69) is 11.1 Å². The summed E-state index contributed by atoms with van der Waals surface area (Å²) in [6.45, 7) is 0. The van der Waals surface area contributed by atoms with Gasteiger partial charge in [-0.1, -0.05) is 0 Å². The van der Waals surface area contributed by atoms with Crippen molar-refractivity contribution in [3.8, 4) is 40.0 Å². The molecule has 0 fully saturated rings. The Morgan fingerprint density at radius 2 is 1.88 bits per heavy atom. The van der Waals surface area contributed by atoms with Crippen molar-refractivity contribution in [3.63, 3.8) is 0 Å². The minimum atomic E-state index is 0.168. The molecule has 120 valence electrons. The fraction of sp³-hybridized carbons (Fsp3) is 0.111. The SMILES string of the molecule is COc1ccc(-c2cc(-c3ccoc3)c(C#N)c(N)n2)cc1OC. The number of hydrogen-bond acceptors (Lipinski definition) is 6. The largest absolute Gasteiger partial charge is 0.493 e. The number of nitrogens with two attached hydrogens (primary N) is 1. The number of anilines is 1. The van der Waals surface area contributed by atoms with Crippen molar-refractivity contribution in [1.29, 1.82) is 5.26 Å². The molecule has 0 unspecified atom stereocenters. The Labute approximate surface area is 139 Å². The number of aromatic nitrogens is 1. The summed E-state index contributed by atoms with van der Waals surface area (Å²) in [5.74, 6) is 1.38. The first-order chi connectivity index (χ1) is 11.7. The smallest absolute Gasteiger partial charge is 0.161 e. The van der Waals surface area contributed by atoms with E-state index in [9.17, 15) is 5.26 Å². The molecule has 0 atom stereocenters. The molecule has 6 heteroatoms. The maximum absolute atomic E-state index is 9.37. The van der Waals surface area contributed by atoms with E-state index in [4.69, 9.17) is 19.6 Å². The molecule has 6 nitrogen and oxygen atoms in total. The molecular weight excluding hydrogens is 306 g/mol. The van der Waals surface area contributed by atoms with Gasteiger partial charge in [-0.25, -0.2) is 4.98 Å². The highest BCUT2D eigenvalue weighted by molar-refractivity contribution is 5.80. The van der Waals surface area contributed by atoms with Gasteiger partial charge in [0, 0.05) is 16.7 Å². The lowest BCUT2D eigenvalue weighted by atomic mass is 10.0. The van der Waals surface area contributed by atoms with E-state index in [-0.39, 0.29) is 5.82 Å². The normalized spacial score (nSPS) is 10.2. The first-order valence-corrected chi connectivity index (χ1v) is 7.13. The van der Waals surface area contributed by atoms with Crippen molar-refractivity contribution >= 4 is 5.82 Å². The fourth-order valence-corrected chi connectivity index (χ4v) is 2.47. The molecule has 24 heavy (non-hydrogen) atoms. The van der Waals surface area contributed by atoms with E-state index in [1.165, 1.54) is 0 Å². The molecule has 0 amide bonds. The monoisotopic (exact) mass is 321 g/mol. The molecule has 2 N–H and O–H groups in total. The van der Waals surface area contributed by atoms with E-state index >= 15 is 0 Å². The van der Waals surface area contributed by atoms with E-state index in [1.54, 1.807) is 44.9 Å². The van der Waals surface area contributed by atoms with Crippen LogP contribution < -0.4 is 15.2 Å². The lowest BCUT2D eigenvalue weighted by Crippen LogP contribution is -2.00. The summed E-state index contributed by atoms with van der Waals surface area (Å²) >= 11 is 0. The number of nitrogen functional groups attached to an aromatic ring is 1. The van der Waals surface area contributed by atoms with Crippen LogP contribution in [-0.4, -0.2) is 19.2 Å². The highest BCUT2D eigenvalue weighted by Crippen LogP contribution is 2.35. The third kappa shape index (κ3) is 2.63. The Hall–Kier alpha value is -3.46. The summed E-state index contributed by atoms with van der Waals surface area (Å²) in [6.07, 6.45) is 3.11. The number of furan rings is 1. The Kier molecular flexibility index (Phi) is 4.08. The number of hydrogen-bond donors (Lipinski definition) is 1. The molecule has 0 spiro atoms. The number of nitrogens with zero attached hydrogens (tertiary/aromatic N) is 2. The van der Waals surface area contributed by atoms with Gasteiger partial charge in [0.25, 0.3) is 0 Å². The molecular formula is C18H15N3O3. The van der Waals surface area contributed by atoms with E-state index in [0.717, 1.165) is 11.1 Å². The van der Waals surface area contributed by atoms with Gasteiger partial charge in [0.15, 0.2) is 11.5 Å². The van der Waals surface area contributed by atoms with Crippen LogP contribution >= 0.6 is 0 Å². The minimum Gasteiger partial charge on any atom is -0.493 e. The molecule has 0 bridgehead atoms. The second kappa shape index (κ2) is 6.34. The molecule has 0 saturated carbocycles. The summed E-state index contributed by atoms with van der Waals surface area (Å²) in [4.78, 5) is 4.34. The first kappa shape index (κ1) is 15.4. The van der Waals surface area contributed by atoms with E-state index < -0.39 is 0 Å². The molecule has 0 aliphatic carbocycles. The average Bonchev–Trinajstić information content (AvgIpc) is 3.14. The standard InChI is InChI=1S/C18H15N3O3/c1-22-16-4-3-11(7-17(16)23-2)15-8-13(12-5-6-24-10-12)14(9-19)18(20)21-15/h3-8,10H,1-2H3,(H2,20,21). The number of rotatable bonds is 4. The van der Waals surface area contributed by atoms with Crippen LogP contribution in [0.4, 0.5) is 5.82 Å². The van der Waals surface area contributed by atoms with Crippen LogP contribution in [0.5, 0.6) is 11.5 Å². The van der Waals surface area contributed by atoms with Gasteiger partial charge >= 0.3 is 0 Å². The van der Waals surface area contributed by atoms with Crippen LogP contribution in [-0.2, 0) is 0 Å². The highest BCUT2D eigenvalue weighted by Gasteiger charge is 2.15. The van der Waals surface area contributed by atoms with Crippen LogP contribution in [0.2, 0.25) is 0 Å². The molecule has 0 aliphatic rings. The third-order valence-corrected chi connectivity index (χ3v) is 3.67. The maximum atomic E-state index is 9.37. The molecule has 3 rings (SSSR count). The van der Waals surface area contributed by atoms with Crippen molar-refractivity contribution in [2.45, 2.75) is 0 Å². The van der Waals surface area contributed by atoms with Gasteiger partial charge in [0.1, 0.15) is 17.5 Å². The minimum absolute atomic E-state index is 0.168. The van der Waals surface area contributed by atoms with Gasteiger partial charge in [-0.15, -0.1) is 0 Å². The maximum Gasteiger partial charge on any atom is 0.161 e. The molecule has 2 aromatic heterocycles. The predicted octanol–water partition coefficient (Wildman–Crippen LogP) is 3.48. The Balaban J connectivity index is 2.18. The number of methoxy groups -OCH3 is 2. The second-order valence-corrected chi connectivity index (χ2v) is 5.01. The van der Waals surface area contributed by atoms with Crippen molar-refractivity contribution < 1.29 is 13.9 Å². The van der Waals surface area contributed by atoms with Gasteiger partial charge in [-0.05, 0) is 30.3 Å². The quantitative estimate of drug-likeness (QED) is 0.790. The van der Waals surface area contributed by atoms with Gasteiger partial charge in [-0.2, -0.15) is 5.26 Å². The Morgan fingerprint density at radius 1 is 1.08 bits per heavy atom. The Morgan fingerprint density at radius 3 is 2.50 bits per heavy atom. The number of nitriles is 1. The number of pyridine rings is 1. The highest BCUT2D eigenvalue weighted by atomic mass is 16.5. The topological polar surface area (TPSA) is 94.3 Å². The summed E-state index contributed by atoms with van der Waals surface area (Å²) in [7, 11) is 3.14. The zero-order chi connectivity index (χ0) is 17.1. The molecule has 1 aromatic carbocycles. The van der Waals surface area contributed by atoms with E-state index in [1.807, 2.05) is 12.1 Å². The lowest BCUT2D eigenvalue weighted by Gasteiger charge is -2.11. The third-order valence-electron chi connectivity index (χ3n) is 3.67. The lowest BCUT2D eigenvalue weighted by molar-refractivity contribution is 0.355. The zero-order valence-electron chi connectivity index (χ0n) is 13.2. The van der Waals surface area contributed by atoms with Crippen LogP contribution in [0.25, 0.3) is 22.4 Å². The van der Waals surface area contributed by atoms with Gasteiger partial charge in [-0.3, -0.25) is 0 Å². The van der Waals surface area contributed by atoms with Crippen molar-refractivity contribution in [1.82, 2.24) is 4.98 Å². The average molecular weight is 321 g/mol. The number of ether oxygens (including phenoxy) is 2. The van der Waals surface area contributed by atoms with Crippen molar-refractivity contribution in [3.05, 3.63) is 48.4 Å². The number of benzene rings is 1. The molecule has 0 saturated heterocycles. The second-order valence-electron chi connectivity index (χ2n) is 5.01. The van der Waals surface area contributed by atoms with Crippen molar-refractivity contribution in [2.75, 3.05) is 20.0 Å². The summed E-state index contributed by atoms with van der Waals surface area (Å²) < 4.78 is 15.7. The summed E-state index contributed by atoms with van der Waals surface area (Å²) in [5, 5.41) is 9.37. The molecule has 0 aliphatic heterocycles. The summed E-state index contributed by atoms with van der Waals surface area (Å²) in [5.41, 5.74) is 9.17. The molecule has 2 heterocycles. The molecule has 3 aromatic rings. The van der Waals surface area contributed by atoms with Crippen LogP contribution in [0.1, 0.15) is 5.56 Å². The van der Waals surface area contributed by atoms with Crippen LogP contribution in [0.3, 0.4) is 0 Å². The first-order valence-electron chi connectivity index (χ1n) is 7.13. The van der Waals surface area contributed by atoms with E-state index in [0.29, 0.717) is 28.3 Å². The predicted molar refractivity (Wildman–Crippen MR) is 89.6 cm³/mol. The zero-order valence-corrected chi connectivity index (χ0v) is 13.2. The van der Waals surface area contributed by atoms with Gasteiger partial charge in [0.05, 0.1) is 32.4 Å². The fourth-order valence-electron chi connectivity index (χ4n) is 2.47. The van der Waals surface area contributed by atoms with Crippen LogP contribution in [0, 0.1) is 11.3 Å². The van der Waals surface area contributed by atoms with Crippen molar-refractivity contribution in [2.24, 2.45) is 0 Å². The van der Waals surface area contributed by atoms with Crippen LogP contribution in [0.15, 0.2) is 47.3 Å². The van der Waals surface area contributed by atoms with Gasteiger partial charge < -0.3 is 19.6 Å². The molecule has 0 radical (unpaired) electrons.